The molecule has 158 valence electrons. The second-order valence-electron chi connectivity index (χ2n) is 6.46. The Bertz CT molecular complexity index is 1360. The van der Waals surface area contributed by atoms with Crippen LogP contribution in [0, 0.1) is 5.82 Å². The van der Waals surface area contributed by atoms with Gasteiger partial charge in [0, 0.05) is 30.4 Å². The van der Waals surface area contributed by atoms with Crippen LogP contribution in [0.2, 0.25) is 5.02 Å². The number of methoxy groups -OCH3 is 1. The van der Waals surface area contributed by atoms with Crippen LogP contribution in [0.1, 0.15) is 0 Å². The smallest absolute Gasteiger partial charge is 0.259 e. The van der Waals surface area contributed by atoms with Gasteiger partial charge in [0.15, 0.2) is 5.82 Å². The fourth-order valence-electron chi connectivity index (χ4n) is 3.02. The summed E-state index contributed by atoms with van der Waals surface area (Å²) in [7, 11) is 3.03. The molecule has 3 aromatic heterocycles. The fourth-order valence-corrected chi connectivity index (χ4v) is 4.03. The van der Waals surface area contributed by atoms with Gasteiger partial charge in [0.1, 0.15) is 5.65 Å². The predicted octanol–water partition coefficient (Wildman–Crippen LogP) is 3.89. The van der Waals surface area contributed by atoms with Gasteiger partial charge < -0.3 is 15.2 Å². The summed E-state index contributed by atoms with van der Waals surface area (Å²) in [6.45, 7) is 0. The topological polar surface area (TPSA) is 108 Å². The molecule has 0 saturated carbocycles. The Hall–Kier alpha value is -3.37. The molecule has 0 radical (unpaired) electrons. The second kappa shape index (κ2) is 8.40. The first-order chi connectivity index (χ1) is 14.9. The minimum Gasteiger partial charge on any atom is -0.480 e. The Labute approximate surface area is 185 Å². The average Bonchev–Trinajstić information content (AvgIpc) is 2.76. The maximum Gasteiger partial charge on any atom is 0.259 e. The molecule has 0 amide bonds. The SMILES string of the molecule is COc1ncc(Cl)cc1SNc1cccc(-c2cc3cnc(N)nc3n(C)c2=O)c1F. The first-order valence-electron chi connectivity index (χ1n) is 8.92. The summed E-state index contributed by atoms with van der Waals surface area (Å²) in [6.07, 6.45) is 2.95. The first-order valence-corrected chi connectivity index (χ1v) is 10.1. The third-order valence-corrected chi connectivity index (χ3v) is 5.55. The molecule has 8 nitrogen and oxygen atoms in total. The number of aryl methyl sites for hydroxylation is 1. The van der Waals surface area contributed by atoms with Crippen LogP contribution in [0.3, 0.4) is 0 Å². The largest absolute Gasteiger partial charge is 0.480 e. The number of nitrogens with two attached hydrogens (primary N) is 1. The van der Waals surface area contributed by atoms with Gasteiger partial charge in [-0.2, -0.15) is 4.98 Å². The summed E-state index contributed by atoms with van der Waals surface area (Å²) in [5.74, 6) is -0.187. The van der Waals surface area contributed by atoms with Gasteiger partial charge in [-0.05, 0) is 30.1 Å². The standard InChI is InChI=1S/C20H16ClFN6O2S/c1-28-17-10(8-25-20(23)26-17)6-13(19(28)29)12-4-3-5-14(16(12)22)27-31-15-7-11(21)9-24-18(15)30-2/h3-9,27H,1-2H3,(H2,23,25,26). The molecule has 0 spiro atoms. The number of hydrogen-bond donors (Lipinski definition) is 2. The minimum absolute atomic E-state index is 0.0515. The van der Waals surface area contributed by atoms with Crippen LogP contribution in [-0.2, 0) is 7.05 Å². The number of pyridine rings is 2. The van der Waals surface area contributed by atoms with Crippen molar-refractivity contribution in [2.24, 2.45) is 7.05 Å². The number of anilines is 2. The third-order valence-electron chi connectivity index (χ3n) is 4.51. The van der Waals surface area contributed by atoms with Crippen LogP contribution in [-0.4, -0.2) is 26.6 Å². The number of hydrogen-bond acceptors (Lipinski definition) is 8. The van der Waals surface area contributed by atoms with Crippen molar-refractivity contribution in [2.45, 2.75) is 4.90 Å². The van der Waals surface area contributed by atoms with Gasteiger partial charge in [-0.15, -0.1) is 0 Å². The van der Waals surface area contributed by atoms with E-state index in [-0.39, 0.29) is 22.8 Å². The maximum absolute atomic E-state index is 15.4. The van der Waals surface area contributed by atoms with E-state index in [1.165, 1.54) is 30.1 Å². The number of nitrogens with one attached hydrogen (secondary N) is 1. The van der Waals surface area contributed by atoms with E-state index < -0.39 is 11.4 Å². The van der Waals surface area contributed by atoms with E-state index >= 15 is 4.39 Å². The van der Waals surface area contributed by atoms with Crippen molar-refractivity contribution in [3.8, 4) is 17.0 Å². The van der Waals surface area contributed by atoms with Gasteiger partial charge >= 0.3 is 0 Å². The molecule has 0 aliphatic carbocycles. The van der Waals surface area contributed by atoms with E-state index in [1.807, 2.05) is 0 Å². The van der Waals surface area contributed by atoms with Crippen molar-refractivity contribution >= 4 is 46.2 Å². The number of nitrogen functional groups attached to an aromatic ring is 1. The number of ether oxygens (including phenoxy) is 1. The molecular formula is C20H16ClFN6O2S. The quantitative estimate of drug-likeness (QED) is 0.433. The van der Waals surface area contributed by atoms with Crippen LogP contribution < -0.4 is 20.8 Å². The predicted molar refractivity (Wildman–Crippen MR) is 120 cm³/mol. The van der Waals surface area contributed by atoms with Crippen molar-refractivity contribution < 1.29 is 9.13 Å². The molecule has 0 aliphatic heterocycles. The molecular weight excluding hydrogens is 443 g/mol. The zero-order valence-electron chi connectivity index (χ0n) is 16.4. The number of rotatable bonds is 5. The Kier molecular flexibility index (Phi) is 5.66. The van der Waals surface area contributed by atoms with E-state index in [0.717, 1.165) is 11.9 Å². The first kappa shape index (κ1) is 20.9. The van der Waals surface area contributed by atoms with Gasteiger partial charge in [0.2, 0.25) is 11.8 Å². The molecule has 4 aromatic rings. The molecule has 0 fully saturated rings. The van der Waals surface area contributed by atoms with Crippen molar-refractivity contribution in [1.29, 1.82) is 0 Å². The number of nitrogens with zero attached hydrogens (tertiary/aromatic N) is 4. The second-order valence-corrected chi connectivity index (χ2v) is 7.75. The highest BCUT2D eigenvalue weighted by Crippen LogP contribution is 2.33. The number of aromatic nitrogens is 4. The Morgan fingerprint density at radius 1 is 1.23 bits per heavy atom. The third kappa shape index (κ3) is 3.99. The van der Waals surface area contributed by atoms with Crippen LogP contribution in [0.15, 0.2) is 52.4 Å². The van der Waals surface area contributed by atoms with Gasteiger partial charge in [-0.25, -0.2) is 14.4 Å². The Balaban J connectivity index is 1.73. The molecule has 31 heavy (non-hydrogen) atoms. The van der Waals surface area contributed by atoms with Crippen LogP contribution in [0.25, 0.3) is 22.2 Å². The normalized spacial score (nSPS) is 11.0. The highest BCUT2D eigenvalue weighted by atomic mass is 35.5. The monoisotopic (exact) mass is 458 g/mol. The summed E-state index contributed by atoms with van der Waals surface area (Å²) in [6, 6.07) is 7.95. The summed E-state index contributed by atoms with van der Waals surface area (Å²) >= 11 is 7.08. The van der Waals surface area contributed by atoms with Crippen molar-refractivity contribution in [3.63, 3.8) is 0 Å². The number of benzene rings is 1. The van der Waals surface area contributed by atoms with Crippen molar-refractivity contribution in [3.05, 3.63) is 63.9 Å². The zero-order valence-corrected chi connectivity index (χ0v) is 18.0. The maximum atomic E-state index is 15.4. The lowest BCUT2D eigenvalue weighted by Crippen LogP contribution is -2.20. The summed E-state index contributed by atoms with van der Waals surface area (Å²) in [4.78, 5) is 25.6. The van der Waals surface area contributed by atoms with E-state index in [9.17, 15) is 4.79 Å². The molecule has 0 aliphatic rings. The zero-order chi connectivity index (χ0) is 22.1. The highest BCUT2D eigenvalue weighted by molar-refractivity contribution is 8.00. The van der Waals surface area contributed by atoms with Gasteiger partial charge in [0.05, 0.1) is 28.3 Å². The molecule has 3 N–H and O–H groups in total. The van der Waals surface area contributed by atoms with Crippen molar-refractivity contribution in [1.82, 2.24) is 19.5 Å². The number of halogens is 2. The molecule has 3 heterocycles. The van der Waals surface area contributed by atoms with Gasteiger partial charge in [-0.3, -0.25) is 9.36 Å². The van der Waals surface area contributed by atoms with Gasteiger partial charge in [0.25, 0.3) is 5.56 Å². The Morgan fingerprint density at radius 2 is 2.03 bits per heavy atom. The molecule has 0 bridgehead atoms. The lowest BCUT2D eigenvalue weighted by atomic mass is 10.0. The highest BCUT2D eigenvalue weighted by Gasteiger charge is 2.17. The van der Waals surface area contributed by atoms with Crippen LogP contribution >= 0.6 is 23.5 Å². The molecule has 11 heteroatoms. The molecule has 0 unspecified atom stereocenters. The van der Waals surface area contributed by atoms with Crippen molar-refractivity contribution in [2.75, 3.05) is 17.6 Å². The lowest BCUT2D eigenvalue weighted by molar-refractivity contribution is 0.387. The van der Waals surface area contributed by atoms with E-state index in [2.05, 4.69) is 19.7 Å². The fraction of sp³-hybridized carbons (Fsp3) is 0.100. The molecule has 0 atom stereocenters. The lowest BCUT2D eigenvalue weighted by Gasteiger charge is -2.13. The summed E-state index contributed by atoms with van der Waals surface area (Å²) in [5.41, 5.74) is 6.08. The van der Waals surface area contributed by atoms with Crippen LogP contribution in [0.5, 0.6) is 5.88 Å². The Morgan fingerprint density at radius 3 is 2.81 bits per heavy atom. The van der Waals surface area contributed by atoms with E-state index in [0.29, 0.717) is 26.8 Å². The van der Waals surface area contributed by atoms with E-state index in [1.54, 1.807) is 31.3 Å². The average molecular weight is 459 g/mol. The molecule has 1 aromatic carbocycles. The number of fused-ring (bicyclic) bond motifs is 1. The van der Waals surface area contributed by atoms with Gasteiger partial charge in [-0.1, -0.05) is 23.7 Å². The summed E-state index contributed by atoms with van der Waals surface area (Å²) < 4.78 is 24.8. The van der Waals surface area contributed by atoms with Crippen LogP contribution in [0.4, 0.5) is 16.0 Å². The van der Waals surface area contributed by atoms with E-state index in [4.69, 9.17) is 22.1 Å². The molecule has 4 rings (SSSR count). The molecule has 0 saturated heterocycles. The minimum atomic E-state index is -0.586. The summed E-state index contributed by atoms with van der Waals surface area (Å²) in [5, 5.41) is 0.981.